The number of carboxylic acids is 1. The molecule has 1 aliphatic rings. The third kappa shape index (κ3) is 2.12. The quantitative estimate of drug-likeness (QED) is 0.836. The molecule has 0 radical (unpaired) electrons. The highest BCUT2D eigenvalue weighted by atomic mass is 16.4. The van der Waals surface area contributed by atoms with Crippen molar-refractivity contribution in [1.82, 2.24) is 9.97 Å². The molecule has 2 rings (SSSR count). The monoisotopic (exact) mass is 246 g/mol. The van der Waals surface area contributed by atoms with Crippen LogP contribution in [0, 0.1) is 16.7 Å². The Balaban J connectivity index is 2.18. The number of anilines is 1. The van der Waals surface area contributed by atoms with Crippen LogP contribution in [0.4, 0.5) is 5.95 Å². The Labute approximate surface area is 105 Å². The number of carbonyl (C=O) groups is 1. The average molecular weight is 246 g/mol. The zero-order chi connectivity index (χ0) is 13.2. The van der Waals surface area contributed by atoms with Gasteiger partial charge in [0.2, 0.25) is 5.95 Å². The van der Waals surface area contributed by atoms with Gasteiger partial charge in [-0.25, -0.2) is 9.97 Å². The molecule has 94 valence electrons. The lowest BCUT2D eigenvalue weighted by Crippen LogP contribution is -2.40. The summed E-state index contributed by atoms with van der Waals surface area (Å²) < 4.78 is 0. The van der Waals surface area contributed by atoms with Gasteiger partial charge in [0.15, 0.2) is 0 Å². The van der Waals surface area contributed by atoms with E-state index in [4.69, 9.17) is 5.26 Å². The van der Waals surface area contributed by atoms with Crippen molar-refractivity contribution >= 4 is 11.9 Å². The predicted octanol–water partition coefficient (Wildman–Crippen LogP) is 1.40. The molecule has 1 aromatic heterocycles. The Bertz CT molecular complexity index is 511. The van der Waals surface area contributed by atoms with Crippen LogP contribution in [0.25, 0.3) is 0 Å². The molecule has 0 bridgehead atoms. The minimum Gasteiger partial charge on any atom is -0.481 e. The highest BCUT2D eigenvalue weighted by Crippen LogP contribution is 2.39. The molecule has 1 aliphatic carbocycles. The van der Waals surface area contributed by atoms with E-state index in [0.717, 1.165) is 12.8 Å². The van der Waals surface area contributed by atoms with Crippen molar-refractivity contribution in [2.24, 2.45) is 5.41 Å². The molecular weight excluding hydrogens is 232 g/mol. The van der Waals surface area contributed by atoms with Crippen molar-refractivity contribution < 1.29 is 9.90 Å². The van der Waals surface area contributed by atoms with Crippen LogP contribution in [0.1, 0.15) is 31.9 Å². The third-order valence-electron chi connectivity index (χ3n) is 3.52. The Kier molecular flexibility index (Phi) is 3.15. The summed E-state index contributed by atoms with van der Waals surface area (Å²) in [5.41, 5.74) is -0.533. The highest BCUT2D eigenvalue weighted by Gasteiger charge is 2.45. The van der Waals surface area contributed by atoms with Crippen molar-refractivity contribution in [1.29, 1.82) is 5.26 Å². The Morgan fingerprint density at radius 3 is 3.17 bits per heavy atom. The SMILES string of the molecule is CC1(C(=O)O)CCCC1Nc1nccc(C#N)n1. The molecule has 2 atom stereocenters. The van der Waals surface area contributed by atoms with E-state index in [9.17, 15) is 9.90 Å². The lowest BCUT2D eigenvalue weighted by atomic mass is 9.85. The van der Waals surface area contributed by atoms with Crippen LogP contribution in [0.2, 0.25) is 0 Å². The fourth-order valence-corrected chi connectivity index (χ4v) is 2.30. The van der Waals surface area contributed by atoms with Crippen LogP contribution in [-0.2, 0) is 4.79 Å². The summed E-state index contributed by atoms with van der Waals surface area (Å²) in [6.45, 7) is 1.73. The number of nitrogens with zero attached hydrogens (tertiary/aromatic N) is 3. The first-order valence-corrected chi connectivity index (χ1v) is 5.79. The number of rotatable bonds is 3. The van der Waals surface area contributed by atoms with E-state index in [-0.39, 0.29) is 11.7 Å². The van der Waals surface area contributed by atoms with Gasteiger partial charge in [0, 0.05) is 12.2 Å². The molecule has 1 heterocycles. The van der Waals surface area contributed by atoms with Crippen LogP contribution >= 0.6 is 0 Å². The van der Waals surface area contributed by atoms with Gasteiger partial charge >= 0.3 is 5.97 Å². The summed E-state index contributed by atoms with van der Waals surface area (Å²) in [4.78, 5) is 19.3. The zero-order valence-electron chi connectivity index (χ0n) is 10.1. The van der Waals surface area contributed by atoms with Crippen molar-refractivity contribution in [3.63, 3.8) is 0 Å². The van der Waals surface area contributed by atoms with Gasteiger partial charge in [-0.3, -0.25) is 4.79 Å². The minimum atomic E-state index is -0.811. The fourth-order valence-electron chi connectivity index (χ4n) is 2.30. The number of carboxylic acid groups (broad SMARTS) is 1. The second kappa shape index (κ2) is 4.61. The Morgan fingerprint density at radius 1 is 1.72 bits per heavy atom. The summed E-state index contributed by atoms with van der Waals surface area (Å²) >= 11 is 0. The second-order valence-corrected chi connectivity index (χ2v) is 4.69. The molecule has 2 unspecified atom stereocenters. The van der Waals surface area contributed by atoms with Crippen LogP contribution in [-0.4, -0.2) is 27.1 Å². The number of hydrogen-bond donors (Lipinski definition) is 2. The molecule has 6 heteroatoms. The van der Waals surface area contributed by atoms with E-state index < -0.39 is 11.4 Å². The first-order valence-electron chi connectivity index (χ1n) is 5.79. The molecule has 1 saturated carbocycles. The smallest absolute Gasteiger partial charge is 0.311 e. The molecular formula is C12H14N4O2. The zero-order valence-corrected chi connectivity index (χ0v) is 10.1. The molecule has 2 N–H and O–H groups in total. The first-order chi connectivity index (χ1) is 8.56. The van der Waals surface area contributed by atoms with Crippen LogP contribution < -0.4 is 5.32 Å². The van der Waals surface area contributed by atoms with Gasteiger partial charge in [-0.15, -0.1) is 0 Å². The van der Waals surface area contributed by atoms with Gasteiger partial charge in [-0.1, -0.05) is 6.42 Å². The van der Waals surface area contributed by atoms with Crippen molar-refractivity contribution in [2.45, 2.75) is 32.2 Å². The van der Waals surface area contributed by atoms with Gasteiger partial charge in [0.1, 0.15) is 11.8 Å². The van der Waals surface area contributed by atoms with Gasteiger partial charge in [0.05, 0.1) is 5.41 Å². The number of aliphatic carboxylic acids is 1. The average Bonchev–Trinajstić information content (AvgIpc) is 2.73. The number of nitriles is 1. The highest BCUT2D eigenvalue weighted by molar-refractivity contribution is 5.76. The van der Waals surface area contributed by atoms with Crippen LogP contribution in [0.3, 0.4) is 0 Å². The molecule has 1 aromatic rings. The molecule has 0 amide bonds. The maximum atomic E-state index is 11.3. The second-order valence-electron chi connectivity index (χ2n) is 4.69. The molecule has 18 heavy (non-hydrogen) atoms. The fraction of sp³-hybridized carbons (Fsp3) is 0.500. The van der Waals surface area contributed by atoms with Gasteiger partial charge in [0.25, 0.3) is 0 Å². The maximum absolute atomic E-state index is 11.3. The van der Waals surface area contributed by atoms with E-state index in [0.29, 0.717) is 12.4 Å². The van der Waals surface area contributed by atoms with Gasteiger partial charge in [-0.2, -0.15) is 5.26 Å². The standard InChI is InChI=1S/C12H14N4O2/c1-12(10(17)18)5-2-3-9(12)16-11-14-6-4-8(7-13)15-11/h4,6,9H,2-3,5H2,1H3,(H,17,18)(H,14,15,16). The lowest BCUT2D eigenvalue weighted by molar-refractivity contribution is -0.147. The van der Waals surface area contributed by atoms with Crippen molar-refractivity contribution in [3.05, 3.63) is 18.0 Å². The molecule has 6 nitrogen and oxygen atoms in total. The van der Waals surface area contributed by atoms with Crippen molar-refractivity contribution in [2.75, 3.05) is 5.32 Å². The van der Waals surface area contributed by atoms with E-state index in [1.165, 1.54) is 12.3 Å². The molecule has 0 aliphatic heterocycles. The summed E-state index contributed by atoms with van der Waals surface area (Å²) in [6, 6.07) is 3.23. The third-order valence-corrected chi connectivity index (χ3v) is 3.52. The largest absolute Gasteiger partial charge is 0.481 e. The van der Waals surface area contributed by atoms with E-state index in [2.05, 4.69) is 15.3 Å². The van der Waals surface area contributed by atoms with Gasteiger partial charge < -0.3 is 10.4 Å². The predicted molar refractivity (Wildman–Crippen MR) is 63.8 cm³/mol. The van der Waals surface area contributed by atoms with Crippen molar-refractivity contribution in [3.8, 4) is 6.07 Å². The number of hydrogen-bond acceptors (Lipinski definition) is 5. The van der Waals surface area contributed by atoms with Crippen LogP contribution in [0.5, 0.6) is 0 Å². The summed E-state index contributed by atoms with van der Waals surface area (Å²) in [7, 11) is 0. The topological polar surface area (TPSA) is 98.9 Å². The normalized spacial score (nSPS) is 26.6. The molecule has 1 fully saturated rings. The minimum absolute atomic E-state index is 0.205. The van der Waals surface area contributed by atoms with E-state index in [1.807, 2.05) is 6.07 Å². The van der Waals surface area contributed by atoms with Crippen LogP contribution in [0.15, 0.2) is 12.3 Å². The molecule has 0 saturated heterocycles. The number of nitrogens with one attached hydrogen (secondary N) is 1. The van der Waals surface area contributed by atoms with E-state index >= 15 is 0 Å². The molecule has 0 aromatic carbocycles. The van der Waals surface area contributed by atoms with Gasteiger partial charge in [-0.05, 0) is 25.8 Å². The summed E-state index contributed by atoms with van der Waals surface area (Å²) in [5, 5.41) is 21.1. The van der Waals surface area contributed by atoms with E-state index in [1.54, 1.807) is 6.92 Å². The molecule has 0 spiro atoms. The number of aromatic nitrogens is 2. The summed E-state index contributed by atoms with van der Waals surface area (Å²) in [6.07, 6.45) is 3.75. The maximum Gasteiger partial charge on any atom is 0.311 e. The lowest BCUT2D eigenvalue weighted by Gasteiger charge is -2.27. The Hall–Kier alpha value is -2.16. The summed E-state index contributed by atoms with van der Waals surface area (Å²) in [5.74, 6) is -0.498. The first kappa shape index (κ1) is 12.3. The Morgan fingerprint density at radius 2 is 2.50 bits per heavy atom.